The van der Waals surface area contributed by atoms with Crippen LogP contribution in [-0.2, 0) is 0 Å². The minimum absolute atomic E-state index is 0.152. The molecule has 0 amide bonds. The Morgan fingerprint density at radius 2 is 1.79 bits per heavy atom. The van der Waals surface area contributed by atoms with Crippen LogP contribution in [0.1, 0.15) is 12.8 Å². The van der Waals surface area contributed by atoms with Gasteiger partial charge in [0.15, 0.2) is 0 Å². The van der Waals surface area contributed by atoms with Crippen molar-refractivity contribution in [1.29, 1.82) is 0 Å². The zero-order valence-electron chi connectivity index (χ0n) is 10.4. The number of anilines is 1. The molecule has 1 aliphatic heterocycles. The Bertz CT molecular complexity index is 633. The molecule has 1 saturated heterocycles. The minimum atomic E-state index is -0.152. The first-order valence-electron chi connectivity index (χ1n) is 6.35. The Hall–Kier alpha value is -1.81. The molecule has 5 heteroatoms. The molecule has 0 radical (unpaired) electrons. The highest BCUT2D eigenvalue weighted by molar-refractivity contribution is 6.33. The molecule has 0 atom stereocenters. The van der Waals surface area contributed by atoms with Crippen LogP contribution in [0.5, 0.6) is 0 Å². The zero-order chi connectivity index (χ0) is 13.2. The lowest BCUT2D eigenvalue weighted by Gasteiger charge is -2.18. The molecule has 3 rings (SSSR count). The number of nitrogens with zero attached hydrogens (tertiary/aromatic N) is 3. The Balaban J connectivity index is 2.13. The first-order chi connectivity index (χ1) is 9.27. The van der Waals surface area contributed by atoms with Crippen LogP contribution >= 0.6 is 11.6 Å². The van der Waals surface area contributed by atoms with Gasteiger partial charge < -0.3 is 4.90 Å². The molecule has 4 nitrogen and oxygen atoms in total. The smallest absolute Gasteiger partial charge is 0.296 e. The van der Waals surface area contributed by atoms with Crippen LogP contribution < -0.4 is 10.5 Å². The quantitative estimate of drug-likeness (QED) is 0.845. The average Bonchev–Trinajstić information content (AvgIpc) is 2.94. The number of rotatable bonds is 2. The molecule has 0 bridgehead atoms. The molecule has 98 valence electrons. The number of hydrogen-bond donors (Lipinski definition) is 0. The zero-order valence-corrected chi connectivity index (χ0v) is 11.2. The summed E-state index contributed by atoms with van der Waals surface area (Å²) in [7, 11) is 0. The summed E-state index contributed by atoms with van der Waals surface area (Å²) in [6, 6.07) is 9.39. The SMILES string of the molecule is O=c1c(N2CCCC2)c(Cl)cnn1-c1ccccc1. The monoisotopic (exact) mass is 275 g/mol. The van der Waals surface area contributed by atoms with Crippen LogP contribution in [-0.4, -0.2) is 22.9 Å². The third-order valence-electron chi connectivity index (χ3n) is 3.33. The number of benzene rings is 1. The molecule has 1 fully saturated rings. The second-order valence-corrected chi connectivity index (χ2v) is 4.99. The Morgan fingerprint density at radius 1 is 1.11 bits per heavy atom. The summed E-state index contributed by atoms with van der Waals surface area (Å²) in [5.41, 5.74) is 1.17. The molecular weight excluding hydrogens is 262 g/mol. The molecule has 0 aliphatic carbocycles. The van der Waals surface area contributed by atoms with Crippen molar-refractivity contribution >= 4 is 17.3 Å². The third-order valence-corrected chi connectivity index (χ3v) is 3.61. The van der Waals surface area contributed by atoms with E-state index in [1.807, 2.05) is 35.2 Å². The summed E-state index contributed by atoms with van der Waals surface area (Å²) in [5.74, 6) is 0. The highest BCUT2D eigenvalue weighted by Crippen LogP contribution is 2.24. The second kappa shape index (κ2) is 5.05. The summed E-state index contributed by atoms with van der Waals surface area (Å²) in [6.45, 7) is 1.77. The van der Waals surface area contributed by atoms with Gasteiger partial charge in [0.2, 0.25) is 0 Å². The van der Waals surface area contributed by atoms with Crippen molar-refractivity contribution in [2.75, 3.05) is 18.0 Å². The molecule has 1 aromatic carbocycles. The molecule has 0 spiro atoms. The van der Waals surface area contributed by atoms with Crippen molar-refractivity contribution in [2.24, 2.45) is 0 Å². The Labute approximate surface area is 116 Å². The Morgan fingerprint density at radius 3 is 2.47 bits per heavy atom. The van der Waals surface area contributed by atoms with Gasteiger partial charge in [0.1, 0.15) is 5.69 Å². The second-order valence-electron chi connectivity index (χ2n) is 4.59. The van der Waals surface area contributed by atoms with Gasteiger partial charge in [0.25, 0.3) is 5.56 Å². The summed E-state index contributed by atoms with van der Waals surface area (Å²) in [6.07, 6.45) is 3.75. The van der Waals surface area contributed by atoms with Gasteiger partial charge in [-0.2, -0.15) is 9.78 Å². The predicted octanol–water partition coefficient (Wildman–Crippen LogP) is 2.49. The van der Waals surface area contributed by atoms with Crippen molar-refractivity contribution in [3.05, 3.63) is 51.9 Å². The van der Waals surface area contributed by atoms with Gasteiger partial charge in [0, 0.05) is 13.1 Å². The van der Waals surface area contributed by atoms with Crippen molar-refractivity contribution in [1.82, 2.24) is 9.78 Å². The first-order valence-corrected chi connectivity index (χ1v) is 6.73. The number of halogens is 1. The van der Waals surface area contributed by atoms with Gasteiger partial charge in [-0.1, -0.05) is 29.8 Å². The molecule has 1 aliphatic rings. The van der Waals surface area contributed by atoms with E-state index in [1.54, 1.807) is 6.20 Å². The average molecular weight is 276 g/mol. The van der Waals surface area contributed by atoms with E-state index in [0.29, 0.717) is 10.7 Å². The number of hydrogen-bond acceptors (Lipinski definition) is 3. The maximum atomic E-state index is 12.6. The van der Waals surface area contributed by atoms with Gasteiger partial charge >= 0.3 is 0 Å². The molecule has 0 N–H and O–H groups in total. The van der Waals surface area contributed by atoms with Crippen molar-refractivity contribution < 1.29 is 0 Å². The fraction of sp³-hybridized carbons (Fsp3) is 0.286. The lowest BCUT2D eigenvalue weighted by Crippen LogP contribution is -2.31. The maximum absolute atomic E-state index is 12.6. The van der Waals surface area contributed by atoms with E-state index < -0.39 is 0 Å². The summed E-state index contributed by atoms with van der Waals surface area (Å²) in [5, 5.41) is 4.56. The van der Waals surface area contributed by atoms with E-state index in [9.17, 15) is 4.79 Å². The first kappa shape index (κ1) is 12.2. The van der Waals surface area contributed by atoms with Crippen LogP contribution in [0.15, 0.2) is 41.3 Å². The van der Waals surface area contributed by atoms with Crippen LogP contribution in [0, 0.1) is 0 Å². The normalized spacial score (nSPS) is 14.9. The minimum Gasteiger partial charge on any atom is -0.366 e. The lowest BCUT2D eigenvalue weighted by atomic mass is 10.3. The fourth-order valence-electron chi connectivity index (χ4n) is 2.40. The molecular formula is C14H14ClN3O. The van der Waals surface area contributed by atoms with Gasteiger partial charge in [-0.15, -0.1) is 0 Å². The van der Waals surface area contributed by atoms with E-state index in [4.69, 9.17) is 11.6 Å². The number of aromatic nitrogens is 2. The fourth-order valence-corrected chi connectivity index (χ4v) is 2.65. The van der Waals surface area contributed by atoms with Crippen LogP contribution in [0.4, 0.5) is 5.69 Å². The van der Waals surface area contributed by atoms with Crippen molar-refractivity contribution in [2.45, 2.75) is 12.8 Å². The van der Waals surface area contributed by atoms with E-state index >= 15 is 0 Å². The Kier molecular flexibility index (Phi) is 3.25. The third kappa shape index (κ3) is 2.24. The molecule has 2 aromatic rings. The standard InChI is InChI=1S/C14H14ClN3O/c15-12-10-16-18(11-6-2-1-3-7-11)14(19)13(12)17-8-4-5-9-17/h1-3,6-7,10H,4-5,8-9H2. The van der Waals surface area contributed by atoms with Gasteiger partial charge in [-0.3, -0.25) is 4.79 Å². The molecule has 0 saturated carbocycles. The molecule has 1 aromatic heterocycles. The van der Waals surface area contributed by atoms with Crippen molar-refractivity contribution in [3.63, 3.8) is 0 Å². The topological polar surface area (TPSA) is 38.1 Å². The summed E-state index contributed by atoms with van der Waals surface area (Å²) < 4.78 is 1.40. The van der Waals surface area contributed by atoms with Crippen LogP contribution in [0.25, 0.3) is 5.69 Å². The van der Waals surface area contributed by atoms with E-state index in [-0.39, 0.29) is 5.56 Å². The van der Waals surface area contributed by atoms with Crippen molar-refractivity contribution in [3.8, 4) is 5.69 Å². The highest BCUT2D eigenvalue weighted by atomic mass is 35.5. The lowest BCUT2D eigenvalue weighted by molar-refractivity contribution is 0.792. The van der Waals surface area contributed by atoms with Gasteiger partial charge in [0.05, 0.1) is 16.9 Å². The molecule has 19 heavy (non-hydrogen) atoms. The summed E-state index contributed by atoms with van der Waals surface area (Å²) in [4.78, 5) is 14.6. The van der Waals surface area contributed by atoms with Gasteiger partial charge in [-0.25, -0.2) is 0 Å². The largest absolute Gasteiger partial charge is 0.366 e. The molecule has 2 heterocycles. The summed E-state index contributed by atoms with van der Waals surface area (Å²) >= 11 is 6.15. The number of para-hydroxylation sites is 1. The maximum Gasteiger partial charge on any atom is 0.296 e. The predicted molar refractivity (Wildman–Crippen MR) is 76.3 cm³/mol. The van der Waals surface area contributed by atoms with E-state index in [0.717, 1.165) is 31.6 Å². The molecule has 0 unspecified atom stereocenters. The van der Waals surface area contributed by atoms with Crippen LogP contribution in [0.2, 0.25) is 5.02 Å². The van der Waals surface area contributed by atoms with Gasteiger partial charge in [-0.05, 0) is 25.0 Å². The van der Waals surface area contributed by atoms with Crippen LogP contribution in [0.3, 0.4) is 0 Å². The highest BCUT2D eigenvalue weighted by Gasteiger charge is 2.20. The van der Waals surface area contributed by atoms with E-state index in [2.05, 4.69) is 5.10 Å². The van der Waals surface area contributed by atoms with E-state index in [1.165, 1.54) is 4.68 Å².